The van der Waals surface area contributed by atoms with Crippen LogP contribution in [-0.4, -0.2) is 24.1 Å². The number of rotatable bonds is 5. The minimum atomic E-state index is 0.571. The molecule has 12 rings (SSSR count). The lowest BCUT2D eigenvalue weighted by Gasteiger charge is -2.13. The summed E-state index contributed by atoms with van der Waals surface area (Å²) in [5.41, 5.74) is 9.85. The first-order valence-corrected chi connectivity index (χ1v) is 19.9. The van der Waals surface area contributed by atoms with E-state index in [-0.39, 0.29) is 0 Å². The van der Waals surface area contributed by atoms with Crippen LogP contribution in [0.2, 0.25) is 0 Å². The van der Waals surface area contributed by atoms with Crippen molar-refractivity contribution in [2.75, 3.05) is 0 Å². The van der Waals surface area contributed by atoms with Crippen molar-refractivity contribution in [2.45, 2.75) is 0 Å². The van der Waals surface area contributed by atoms with E-state index in [0.717, 1.165) is 60.3 Å². The van der Waals surface area contributed by atoms with Gasteiger partial charge in [0.15, 0.2) is 5.82 Å². The monoisotopic (exact) mass is 745 g/mol. The Bertz CT molecular complexity index is 3300. The number of nitrogens with zero attached hydrogens (tertiary/aromatic N) is 5. The molecule has 4 heterocycles. The predicted octanol–water partition coefficient (Wildman–Crippen LogP) is 13.4. The van der Waals surface area contributed by atoms with Crippen LogP contribution in [0.3, 0.4) is 0 Å². The predicted molar refractivity (Wildman–Crippen MR) is 238 cm³/mol. The Morgan fingerprint density at radius 1 is 0.333 bits per heavy atom. The lowest BCUT2D eigenvalue weighted by Crippen LogP contribution is -2.10. The van der Waals surface area contributed by atoms with Crippen LogP contribution in [0.15, 0.2) is 188 Å². The maximum absolute atomic E-state index is 5.29. The van der Waals surface area contributed by atoms with Crippen molar-refractivity contribution in [3.05, 3.63) is 188 Å². The summed E-state index contributed by atoms with van der Waals surface area (Å²) in [6.07, 6.45) is 0. The van der Waals surface area contributed by atoms with Gasteiger partial charge < -0.3 is 0 Å². The minimum absolute atomic E-state index is 0.571. The van der Waals surface area contributed by atoms with Crippen molar-refractivity contribution in [3.63, 3.8) is 0 Å². The van der Waals surface area contributed by atoms with Gasteiger partial charge in [0.2, 0.25) is 11.9 Å². The van der Waals surface area contributed by atoms with E-state index in [0.29, 0.717) is 17.7 Å². The second-order valence-corrected chi connectivity index (χ2v) is 15.5. The fourth-order valence-electron chi connectivity index (χ4n) is 8.61. The molecule has 0 unspecified atom stereocenters. The summed E-state index contributed by atoms with van der Waals surface area (Å²) >= 11 is 1.86. The Morgan fingerprint density at radius 3 is 1.37 bits per heavy atom. The van der Waals surface area contributed by atoms with Crippen molar-refractivity contribution in [1.82, 2.24) is 24.1 Å². The summed E-state index contributed by atoms with van der Waals surface area (Å²) in [5.74, 6) is 1.75. The second-order valence-electron chi connectivity index (χ2n) is 14.4. The normalized spacial score (nSPS) is 11.9. The second kappa shape index (κ2) is 12.6. The molecule has 266 valence electrons. The van der Waals surface area contributed by atoms with Gasteiger partial charge in [0.25, 0.3) is 0 Å². The molecule has 0 atom stereocenters. The Kier molecular flexibility index (Phi) is 7.03. The molecule has 0 spiro atoms. The van der Waals surface area contributed by atoms with Crippen LogP contribution in [0.5, 0.6) is 0 Å². The molecule has 0 aliphatic heterocycles. The van der Waals surface area contributed by atoms with Crippen LogP contribution in [0.1, 0.15) is 0 Å². The van der Waals surface area contributed by atoms with E-state index in [2.05, 4.69) is 197 Å². The van der Waals surface area contributed by atoms with Crippen LogP contribution in [0.4, 0.5) is 0 Å². The van der Waals surface area contributed by atoms with E-state index in [9.17, 15) is 0 Å². The third kappa shape index (κ3) is 4.98. The lowest BCUT2D eigenvalue weighted by molar-refractivity contribution is 0.893. The first-order chi connectivity index (χ1) is 28.3. The smallest absolute Gasteiger partial charge is 0.240 e. The van der Waals surface area contributed by atoms with Gasteiger partial charge in [-0.05, 0) is 58.7 Å². The number of fused-ring (bicyclic) bond motifs is 9. The van der Waals surface area contributed by atoms with Crippen LogP contribution < -0.4 is 0 Å². The number of thiophene rings is 1. The Labute approximate surface area is 331 Å². The van der Waals surface area contributed by atoms with Crippen LogP contribution >= 0.6 is 11.3 Å². The zero-order chi connectivity index (χ0) is 37.5. The van der Waals surface area contributed by atoms with Crippen molar-refractivity contribution < 1.29 is 0 Å². The van der Waals surface area contributed by atoms with Crippen LogP contribution in [-0.2, 0) is 0 Å². The molecule has 57 heavy (non-hydrogen) atoms. The van der Waals surface area contributed by atoms with Crippen molar-refractivity contribution in [2.24, 2.45) is 0 Å². The third-order valence-corrected chi connectivity index (χ3v) is 12.4. The first kappa shape index (κ1) is 31.9. The molecule has 12 aromatic rings. The van der Waals surface area contributed by atoms with Crippen molar-refractivity contribution >= 4 is 75.1 Å². The Balaban J connectivity index is 1.02. The molecule has 0 fully saturated rings. The SMILES string of the molecule is c1cc(-c2ccc(-c3nc(-n4c5ccccc5c5ccccc54)nc(-n4c5ccccc5c5ccccc54)n3)cc2)cc(-c2cccc3c2sc2ccccc23)c1. The molecule has 0 aliphatic carbocycles. The van der Waals surface area contributed by atoms with E-state index in [4.69, 9.17) is 15.0 Å². The Hall–Kier alpha value is -7.41. The maximum atomic E-state index is 5.29. The van der Waals surface area contributed by atoms with Gasteiger partial charge in [-0.1, -0.05) is 152 Å². The van der Waals surface area contributed by atoms with Gasteiger partial charge in [0.1, 0.15) is 0 Å². The van der Waals surface area contributed by atoms with Gasteiger partial charge >= 0.3 is 0 Å². The van der Waals surface area contributed by atoms with E-state index in [1.54, 1.807) is 0 Å². The molecule has 0 radical (unpaired) electrons. The summed E-state index contributed by atoms with van der Waals surface area (Å²) in [6.45, 7) is 0. The third-order valence-electron chi connectivity index (χ3n) is 11.2. The molecular weight excluding hydrogens is 715 g/mol. The highest BCUT2D eigenvalue weighted by Gasteiger charge is 2.20. The summed E-state index contributed by atoms with van der Waals surface area (Å²) in [6, 6.07) is 66.7. The largest absolute Gasteiger partial charge is 0.278 e. The number of hydrogen-bond acceptors (Lipinski definition) is 4. The van der Waals surface area contributed by atoms with Gasteiger partial charge in [-0.3, -0.25) is 9.13 Å². The average molecular weight is 746 g/mol. The minimum Gasteiger partial charge on any atom is -0.278 e. The fourth-order valence-corrected chi connectivity index (χ4v) is 9.85. The summed E-state index contributed by atoms with van der Waals surface area (Å²) in [4.78, 5) is 15.8. The highest BCUT2D eigenvalue weighted by Crippen LogP contribution is 2.41. The molecule has 4 aromatic heterocycles. The highest BCUT2D eigenvalue weighted by atomic mass is 32.1. The van der Waals surface area contributed by atoms with Gasteiger partial charge in [-0.2, -0.15) is 15.0 Å². The van der Waals surface area contributed by atoms with Crippen LogP contribution in [0.25, 0.3) is 109 Å². The Morgan fingerprint density at radius 2 is 0.789 bits per heavy atom. The summed E-state index contributed by atoms with van der Waals surface area (Å²) in [7, 11) is 0. The number of aromatic nitrogens is 5. The maximum Gasteiger partial charge on any atom is 0.240 e. The van der Waals surface area contributed by atoms with Crippen molar-refractivity contribution in [1.29, 1.82) is 0 Å². The van der Waals surface area contributed by atoms with Crippen molar-refractivity contribution in [3.8, 4) is 45.5 Å². The molecule has 0 saturated carbocycles. The van der Waals surface area contributed by atoms with Crippen LogP contribution in [0, 0.1) is 0 Å². The zero-order valence-corrected chi connectivity index (χ0v) is 31.4. The fraction of sp³-hybridized carbons (Fsp3) is 0. The van der Waals surface area contributed by atoms with Gasteiger partial charge in [-0.25, -0.2) is 0 Å². The van der Waals surface area contributed by atoms with Gasteiger partial charge in [0, 0.05) is 47.3 Å². The van der Waals surface area contributed by atoms with Gasteiger partial charge in [0.05, 0.1) is 22.1 Å². The summed E-state index contributed by atoms with van der Waals surface area (Å²) in [5, 5.41) is 7.24. The number of para-hydroxylation sites is 4. The van der Waals surface area contributed by atoms with E-state index in [1.807, 2.05) is 11.3 Å². The summed E-state index contributed by atoms with van der Waals surface area (Å²) < 4.78 is 6.97. The van der Waals surface area contributed by atoms with Gasteiger partial charge in [-0.15, -0.1) is 11.3 Å². The topological polar surface area (TPSA) is 48.5 Å². The quantitative estimate of drug-likeness (QED) is 0.176. The first-order valence-electron chi connectivity index (χ1n) is 19.1. The lowest BCUT2D eigenvalue weighted by atomic mass is 9.97. The van der Waals surface area contributed by atoms with E-state index in [1.165, 1.54) is 31.3 Å². The molecule has 0 amide bonds. The molecule has 0 N–H and O–H groups in total. The molecule has 0 saturated heterocycles. The molecular formula is C51H31N5S. The zero-order valence-electron chi connectivity index (χ0n) is 30.5. The molecule has 8 aromatic carbocycles. The molecule has 5 nitrogen and oxygen atoms in total. The standard InChI is InChI=1S/C51H31N5S/c1-6-22-43-37(15-1)38-16-2-7-23-44(38)55(43)50-52-49(53-51(54-50)56-45-24-8-3-17-39(45)40-18-4-9-25-46(40)56)33-29-27-32(28-30-33)34-13-11-14-35(31-34)36-20-12-21-42-41-19-5-10-26-47(41)57-48(36)42/h1-31H. The molecule has 0 aliphatic rings. The molecule has 0 bridgehead atoms. The average Bonchev–Trinajstić information content (AvgIpc) is 3.94. The molecule has 6 heteroatoms. The highest BCUT2D eigenvalue weighted by molar-refractivity contribution is 7.26. The number of hydrogen-bond donors (Lipinski definition) is 0. The van der Waals surface area contributed by atoms with E-state index >= 15 is 0 Å². The van der Waals surface area contributed by atoms with E-state index < -0.39 is 0 Å². The number of benzene rings is 8.